The summed E-state index contributed by atoms with van der Waals surface area (Å²) < 4.78 is 1.87. The molecule has 3 N–H and O–H groups in total. The van der Waals surface area contributed by atoms with Crippen molar-refractivity contribution < 1.29 is 0 Å². The summed E-state index contributed by atoms with van der Waals surface area (Å²) in [5.41, 5.74) is 5.25. The van der Waals surface area contributed by atoms with Crippen molar-refractivity contribution in [2.24, 2.45) is 17.7 Å². The lowest BCUT2D eigenvalue weighted by Gasteiger charge is -2.33. The van der Waals surface area contributed by atoms with Crippen molar-refractivity contribution in [3.63, 3.8) is 0 Å². The van der Waals surface area contributed by atoms with Gasteiger partial charge in [-0.2, -0.15) is 5.10 Å². The molecule has 0 aromatic carbocycles. The molecule has 2 aromatic heterocycles. The van der Waals surface area contributed by atoms with Crippen LogP contribution >= 0.6 is 0 Å². The molecule has 1 fully saturated rings. The first-order valence-corrected chi connectivity index (χ1v) is 7.56. The van der Waals surface area contributed by atoms with E-state index in [9.17, 15) is 0 Å². The maximum Gasteiger partial charge on any atom is 0.0893 e. The Morgan fingerprint density at radius 2 is 2.35 bits per heavy atom. The highest BCUT2D eigenvalue weighted by atomic mass is 15.3. The van der Waals surface area contributed by atoms with Gasteiger partial charge >= 0.3 is 0 Å². The molecule has 2 aromatic rings. The largest absolute Gasteiger partial charge is 0.271 e. The fourth-order valence-corrected chi connectivity index (χ4v) is 3.58. The lowest BCUT2D eigenvalue weighted by Crippen LogP contribution is -2.35. The van der Waals surface area contributed by atoms with Gasteiger partial charge in [-0.15, -0.1) is 0 Å². The summed E-state index contributed by atoms with van der Waals surface area (Å²) in [4.78, 5) is 4.21. The zero-order chi connectivity index (χ0) is 13.9. The van der Waals surface area contributed by atoms with E-state index in [1.54, 1.807) is 6.20 Å². The maximum absolute atomic E-state index is 5.87. The molecule has 3 unspecified atom stereocenters. The van der Waals surface area contributed by atoms with Gasteiger partial charge in [-0.05, 0) is 24.7 Å². The minimum absolute atomic E-state index is 0.172. The number of hydrazine groups is 1. The van der Waals surface area contributed by atoms with Gasteiger partial charge in [0, 0.05) is 18.0 Å². The van der Waals surface area contributed by atoms with Gasteiger partial charge in [0.05, 0.1) is 24.0 Å². The van der Waals surface area contributed by atoms with E-state index in [1.165, 1.54) is 37.7 Å². The quantitative estimate of drug-likeness (QED) is 0.663. The first-order valence-electron chi connectivity index (χ1n) is 7.56. The lowest BCUT2D eigenvalue weighted by molar-refractivity contribution is 0.210. The summed E-state index contributed by atoms with van der Waals surface area (Å²) >= 11 is 0. The number of hydrogen-bond acceptors (Lipinski definition) is 4. The van der Waals surface area contributed by atoms with Gasteiger partial charge in [-0.3, -0.25) is 16.3 Å². The predicted octanol–water partition coefficient (Wildman–Crippen LogP) is 2.45. The number of nitrogens with one attached hydrogen (secondary N) is 1. The Morgan fingerprint density at radius 3 is 3.15 bits per heavy atom. The summed E-state index contributed by atoms with van der Waals surface area (Å²) in [5, 5.41) is 4.40. The van der Waals surface area contributed by atoms with E-state index in [2.05, 4.69) is 22.4 Å². The van der Waals surface area contributed by atoms with Gasteiger partial charge < -0.3 is 0 Å². The van der Waals surface area contributed by atoms with Crippen LogP contribution in [0.4, 0.5) is 0 Å². The average Bonchev–Trinajstić information content (AvgIpc) is 2.93. The second kappa shape index (κ2) is 5.89. The summed E-state index contributed by atoms with van der Waals surface area (Å²) in [6.07, 6.45) is 13.9. The van der Waals surface area contributed by atoms with Crippen LogP contribution in [0.5, 0.6) is 0 Å². The highest BCUT2D eigenvalue weighted by Crippen LogP contribution is 2.38. The predicted molar refractivity (Wildman–Crippen MR) is 78.8 cm³/mol. The zero-order valence-corrected chi connectivity index (χ0v) is 12.0. The summed E-state index contributed by atoms with van der Waals surface area (Å²) in [5.74, 6) is 7.29. The van der Waals surface area contributed by atoms with E-state index in [4.69, 9.17) is 5.84 Å². The monoisotopic (exact) mass is 273 g/mol. The molecule has 5 nitrogen and oxygen atoms in total. The van der Waals surface area contributed by atoms with E-state index in [0.29, 0.717) is 5.92 Å². The zero-order valence-electron chi connectivity index (χ0n) is 12.0. The van der Waals surface area contributed by atoms with Crippen molar-refractivity contribution in [2.75, 3.05) is 0 Å². The van der Waals surface area contributed by atoms with Crippen molar-refractivity contribution in [3.05, 3.63) is 30.4 Å². The molecule has 5 heteroatoms. The number of nitrogens with zero attached hydrogens (tertiary/aromatic N) is 3. The molecule has 1 aliphatic carbocycles. The van der Waals surface area contributed by atoms with Gasteiger partial charge in [-0.1, -0.05) is 26.2 Å². The van der Waals surface area contributed by atoms with Crippen molar-refractivity contribution in [2.45, 2.75) is 45.1 Å². The molecule has 0 aliphatic heterocycles. The Morgan fingerprint density at radius 1 is 1.45 bits per heavy atom. The van der Waals surface area contributed by atoms with Gasteiger partial charge in [-0.25, -0.2) is 4.52 Å². The van der Waals surface area contributed by atoms with Crippen molar-refractivity contribution in [1.29, 1.82) is 0 Å². The standard InChI is InChI=1S/C15H23N5/c1-2-11-4-3-5-12(8-11)15(19-16)13-9-18-20-7-6-17-10-14(13)20/h6-7,9-12,15,19H,2-5,8,16H2,1H3. The minimum Gasteiger partial charge on any atom is -0.271 e. The van der Waals surface area contributed by atoms with Crippen LogP contribution in [0.3, 0.4) is 0 Å². The topological polar surface area (TPSA) is 68.2 Å². The molecule has 0 bridgehead atoms. The molecule has 1 saturated carbocycles. The third-order valence-electron chi connectivity index (χ3n) is 4.74. The molecule has 0 saturated heterocycles. The molecule has 20 heavy (non-hydrogen) atoms. The van der Waals surface area contributed by atoms with Crippen LogP contribution < -0.4 is 11.3 Å². The van der Waals surface area contributed by atoms with Crippen LogP contribution in [0.2, 0.25) is 0 Å². The third-order valence-corrected chi connectivity index (χ3v) is 4.74. The van der Waals surface area contributed by atoms with Gasteiger partial charge in [0.15, 0.2) is 0 Å². The lowest BCUT2D eigenvalue weighted by atomic mass is 9.75. The highest BCUT2D eigenvalue weighted by molar-refractivity contribution is 5.53. The number of rotatable bonds is 4. The van der Waals surface area contributed by atoms with E-state index in [0.717, 1.165) is 11.4 Å². The number of nitrogens with two attached hydrogens (primary N) is 1. The smallest absolute Gasteiger partial charge is 0.0893 e. The van der Waals surface area contributed by atoms with Crippen molar-refractivity contribution in [3.8, 4) is 0 Å². The van der Waals surface area contributed by atoms with E-state index < -0.39 is 0 Å². The third kappa shape index (κ3) is 2.43. The van der Waals surface area contributed by atoms with Crippen LogP contribution in [0, 0.1) is 11.8 Å². The molecule has 108 valence electrons. The van der Waals surface area contributed by atoms with Gasteiger partial charge in [0.1, 0.15) is 0 Å². The van der Waals surface area contributed by atoms with Gasteiger partial charge in [0.2, 0.25) is 0 Å². The Bertz CT molecular complexity index is 564. The van der Waals surface area contributed by atoms with E-state index >= 15 is 0 Å². The van der Waals surface area contributed by atoms with Gasteiger partial charge in [0.25, 0.3) is 0 Å². The molecule has 3 atom stereocenters. The molecule has 1 aliphatic rings. The van der Waals surface area contributed by atoms with Crippen molar-refractivity contribution in [1.82, 2.24) is 20.0 Å². The summed E-state index contributed by atoms with van der Waals surface area (Å²) in [6.45, 7) is 2.29. The summed E-state index contributed by atoms with van der Waals surface area (Å²) in [6, 6.07) is 0.172. The Balaban J connectivity index is 1.89. The molecule has 0 spiro atoms. The summed E-state index contributed by atoms with van der Waals surface area (Å²) in [7, 11) is 0. The maximum atomic E-state index is 5.87. The van der Waals surface area contributed by atoms with Crippen LogP contribution in [-0.2, 0) is 0 Å². The Kier molecular flexibility index (Phi) is 3.98. The van der Waals surface area contributed by atoms with Crippen LogP contribution in [0.1, 0.15) is 50.6 Å². The fourth-order valence-electron chi connectivity index (χ4n) is 3.58. The normalized spacial score (nSPS) is 24.9. The first-order chi connectivity index (χ1) is 9.83. The van der Waals surface area contributed by atoms with Crippen LogP contribution in [0.15, 0.2) is 24.8 Å². The Hall–Kier alpha value is -1.46. The highest BCUT2D eigenvalue weighted by Gasteiger charge is 2.29. The van der Waals surface area contributed by atoms with E-state index in [-0.39, 0.29) is 6.04 Å². The number of aromatic nitrogens is 3. The minimum atomic E-state index is 0.172. The molecular weight excluding hydrogens is 250 g/mol. The first kappa shape index (κ1) is 13.5. The Labute approximate surface area is 119 Å². The second-order valence-corrected chi connectivity index (χ2v) is 5.85. The molecule has 0 amide bonds. The van der Waals surface area contributed by atoms with Crippen LogP contribution in [0.25, 0.3) is 5.52 Å². The molecule has 0 radical (unpaired) electrons. The molecule has 3 rings (SSSR count). The van der Waals surface area contributed by atoms with Crippen molar-refractivity contribution >= 4 is 5.52 Å². The molecule has 2 heterocycles. The average molecular weight is 273 g/mol. The van der Waals surface area contributed by atoms with Crippen LogP contribution in [-0.4, -0.2) is 14.6 Å². The number of hydrogen-bond donors (Lipinski definition) is 2. The second-order valence-electron chi connectivity index (χ2n) is 5.85. The fraction of sp³-hybridized carbons (Fsp3) is 0.600. The van der Waals surface area contributed by atoms with E-state index in [1.807, 2.05) is 23.1 Å². The molecular formula is C15H23N5. The number of fused-ring (bicyclic) bond motifs is 1. The SMILES string of the molecule is CCC1CCCC(C(NN)c2cnn3ccncc23)C1.